The topological polar surface area (TPSA) is 48.1 Å². The zero-order valence-electron chi connectivity index (χ0n) is 9.80. The number of fused-ring (bicyclic) bond motifs is 1. The van der Waals surface area contributed by atoms with Gasteiger partial charge in [-0.25, -0.2) is 0 Å². The molecule has 0 aliphatic rings. The number of pyridine rings is 1. The predicted octanol–water partition coefficient (Wildman–Crippen LogP) is 3.33. The van der Waals surface area contributed by atoms with Crippen LogP contribution in [-0.4, -0.2) is 11.3 Å². The molecule has 0 unspecified atom stereocenters. The minimum Gasteiger partial charge on any atom is -0.406 e. The fraction of sp³-hybridized carbons (Fsp3) is 0.250. The molecule has 1 aromatic heterocycles. The number of ether oxygens (including phenoxy) is 1. The number of nitrogens with two attached hydrogens (primary N) is 1. The van der Waals surface area contributed by atoms with Gasteiger partial charge in [-0.2, -0.15) is 0 Å². The minimum atomic E-state index is -4.71. The van der Waals surface area contributed by atoms with Gasteiger partial charge >= 0.3 is 6.36 Å². The van der Waals surface area contributed by atoms with E-state index in [1.807, 2.05) is 0 Å². The maximum atomic E-state index is 12.1. The highest BCUT2D eigenvalue weighted by molar-refractivity contribution is 5.93. The molecule has 1 aromatic carbocycles. The van der Waals surface area contributed by atoms with Crippen LogP contribution < -0.4 is 10.5 Å². The molecule has 3 nitrogen and oxygen atoms in total. The number of hydrogen-bond donors (Lipinski definition) is 1. The number of benzene rings is 1. The van der Waals surface area contributed by atoms with Crippen LogP contribution in [0.4, 0.5) is 18.9 Å². The molecule has 6 heteroatoms. The van der Waals surface area contributed by atoms with Crippen molar-refractivity contribution in [3.63, 3.8) is 0 Å². The van der Waals surface area contributed by atoms with Crippen molar-refractivity contribution in [1.82, 2.24) is 4.98 Å². The molecule has 18 heavy (non-hydrogen) atoms. The zero-order valence-corrected chi connectivity index (χ0v) is 9.80. The summed E-state index contributed by atoms with van der Waals surface area (Å²) in [6.07, 6.45) is -4.71. The van der Waals surface area contributed by atoms with Gasteiger partial charge in [0.05, 0.1) is 5.52 Å². The van der Waals surface area contributed by atoms with Crippen molar-refractivity contribution in [2.75, 3.05) is 5.73 Å². The Morgan fingerprint density at radius 1 is 1.22 bits per heavy atom. The summed E-state index contributed by atoms with van der Waals surface area (Å²) >= 11 is 0. The van der Waals surface area contributed by atoms with E-state index in [2.05, 4.69) is 9.72 Å². The molecular weight excluding hydrogens is 245 g/mol. The molecule has 2 aromatic rings. The number of halogens is 3. The number of aryl methyl sites for hydroxylation is 1. The molecule has 2 rings (SSSR count). The molecule has 2 N–H and O–H groups in total. The van der Waals surface area contributed by atoms with E-state index >= 15 is 0 Å². The molecule has 0 aliphatic heterocycles. The van der Waals surface area contributed by atoms with Crippen molar-refractivity contribution in [1.29, 1.82) is 0 Å². The van der Waals surface area contributed by atoms with Crippen molar-refractivity contribution in [2.45, 2.75) is 20.2 Å². The molecule has 0 radical (unpaired) electrons. The van der Waals surface area contributed by atoms with Crippen LogP contribution in [0.5, 0.6) is 5.75 Å². The number of nitrogen functional groups attached to an aromatic ring is 1. The van der Waals surface area contributed by atoms with Gasteiger partial charge in [-0.3, -0.25) is 4.98 Å². The van der Waals surface area contributed by atoms with Crippen LogP contribution in [0.3, 0.4) is 0 Å². The fourth-order valence-corrected chi connectivity index (χ4v) is 1.69. The van der Waals surface area contributed by atoms with Crippen molar-refractivity contribution in [3.8, 4) is 5.75 Å². The first-order chi connectivity index (χ1) is 8.28. The number of anilines is 1. The van der Waals surface area contributed by atoms with Crippen LogP contribution in [0, 0.1) is 13.8 Å². The Balaban J connectivity index is 2.58. The molecule has 96 valence electrons. The van der Waals surface area contributed by atoms with Crippen LogP contribution in [0.25, 0.3) is 10.9 Å². The average Bonchev–Trinajstić information content (AvgIpc) is 2.25. The van der Waals surface area contributed by atoms with Crippen LogP contribution in [0.2, 0.25) is 0 Å². The molecule has 1 heterocycles. The zero-order chi connectivity index (χ0) is 13.5. The summed E-state index contributed by atoms with van der Waals surface area (Å²) in [6.45, 7) is 3.57. The lowest BCUT2D eigenvalue weighted by Gasteiger charge is -2.12. The molecule has 0 aliphatic carbocycles. The van der Waals surface area contributed by atoms with E-state index in [-0.39, 0.29) is 5.75 Å². The SMILES string of the molecule is Cc1nc2ccc(OC(F)(F)F)cc2c(N)c1C. The molecular formula is C12H11F3N2O. The quantitative estimate of drug-likeness (QED) is 0.851. The van der Waals surface area contributed by atoms with E-state index in [0.29, 0.717) is 16.6 Å². The van der Waals surface area contributed by atoms with E-state index in [9.17, 15) is 13.2 Å². The molecule has 0 atom stereocenters. The second-order valence-corrected chi connectivity index (χ2v) is 3.96. The molecule has 0 amide bonds. The van der Waals surface area contributed by atoms with Gasteiger partial charge in [0.2, 0.25) is 0 Å². The van der Waals surface area contributed by atoms with Crippen LogP contribution in [0.15, 0.2) is 18.2 Å². The summed E-state index contributed by atoms with van der Waals surface area (Å²) in [6, 6.07) is 3.92. The van der Waals surface area contributed by atoms with Gasteiger partial charge in [0.1, 0.15) is 5.75 Å². The predicted molar refractivity (Wildman–Crippen MR) is 62.3 cm³/mol. The lowest BCUT2D eigenvalue weighted by molar-refractivity contribution is -0.274. The lowest BCUT2D eigenvalue weighted by atomic mass is 10.1. The third kappa shape index (κ3) is 2.32. The van der Waals surface area contributed by atoms with Crippen molar-refractivity contribution in [3.05, 3.63) is 29.5 Å². The van der Waals surface area contributed by atoms with Crippen molar-refractivity contribution < 1.29 is 17.9 Å². The Bertz CT molecular complexity index is 608. The summed E-state index contributed by atoms with van der Waals surface area (Å²) in [7, 11) is 0. The lowest BCUT2D eigenvalue weighted by Crippen LogP contribution is -2.17. The standard InChI is InChI=1S/C12H11F3N2O/c1-6-7(2)17-10-4-3-8(18-12(13,14)15)5-9(10)11(6)16/h3-5H,1-2H3,(H2,16,17). The molecule has 0 spiro atoms. The summed E-state index contributed by atoms with van der Waals surface area (Å²) in [5.41, 5.74) is 8.35. The Kier molecular flexibility index (Phi) is 2.80. The summed E-state index contributed by atoms with van der Waals surface area (Å²) in [5.74, 6) is -0.299. The third-order valence-corrected chi connectivity index (χ3v) is 2.73. The number of hydrogen-bond acceptors (Lipinski definition) is 3. The van der Waals surface area contributed by atoms with Gasteiger partial charge in [0.25, 0.3) is 0 Å². The summed E-state index contributed by atoms with van der Waals surface area (Å²) < 4.78 is 40.2. The second kappa shape index (κ2) is 4.04. The number of alkyl halides is 3. The van der Waals surface area contributed by atoms with Gasteiger partial charge in [-0.15, -0.1) is 13.2 Å². The monoisotopic (exact) mass is 256 g/mol. The number of aromatic nitrogens is 1. The average molecular weight is 256 g/mol. The van der Waals surface area contributed by atoms with E-state index in [4.69, 9.17) is 5.73 Å². The van der Waals surface area contributed by atoms with Gasteiger partial charge in [0.15, 0.2) is 0 Å². The maximum Gasteiger partial charge on any atom is 0.573 e. The van der Waals surface area contributed by atoms with Crippen molar-refractivity contribution in [2.24, 2.45) is 0 Å². The van der Waals surface area contributed by atoms with Gasteiger partial charge < -0.3 is 10.5 Å². The highest BCUT2D eigenvalue weighted by Crippen LogP contribution is 2.30. The largest absolute Gasteiger partial charge is 0.573 e. The van der Waals surface area contributed by atoms with E-state index in [1.165, 1.54) is 18.2 Å². The maximum absolute atomic E-state index is 12.1. The van der Waals surface area contributed by atoms with Gasteiger partial charge in [-0.1, -0.05) is 0 Å². The van der Waals surface area contributed by atoms with Gasteiger partial charge in [-0.05, 0) is 37.6 Å². The van der Waals surface area contributed by atoms with E-state index in [1.54, 1.807) is 13.8 Å². The Hall–Kier alpha value is -1.98. The Morgan fingerprint density at radius 2 is 1.89 bits per heavy atom. The van der Waals surface area contributed by atoms with Crippen LogP contribution in [0.1, 0.15) is 11.3 Å². The second-order valence-electron chi connectivity index (χ2n) is 3.96. The smallest absolute Gasteiger partial charge is 0.406 e. The van der Waals surface area contributed by atoms with Crippen molar-refractivity contribution >= 4 is 16.6 Å². The molecule has 0 saturated heterocycles. The minimum absolute atomic E-state index is 0.299. The highest BCUT2D eigenvalue weighted by Gasteiger charge is 2.31. The molecule has 0 saturated carbocycles. The Labute approximate surface area is 101 Å². The van der Waals surface area contributed by atoms with E-state index in [0.717, 1.165) is 11.3 Å². The Morgan fingerprint density at radius 3 is 2.50 bits per heavy atom. The first kappa shape index (κ1) is 12.5. The summed E-state index contributed by atoms with van der Waals surface area (Å²) in [5, 5.41) is 0.458. The van der Waals surface area contributed by atoms with E-state index < -0.39 is 6.36 Å². The fourth-order valence-electron chi connectivity index (χ4n) is 1.69. The molecule has 0 fully saturated rings. The third-order valence-electron chi connectivity index (χ3n) is 2.73. The first-order valence-electron chi connectivity index (χ1n) is 5.20. The number of nitrogens with zero attached hydrogens (tertiary/aromatic N) is 1. The normalized spacial score (nSPS) is 11.8. The van der Waals surface area contributed by atoms with Crippen LogP contribution in [-0.2, 0) is 0 Å². The number of rotatable bonds is 1. The first-order valence-corrected chi connectivity index (χ1v) is 5.20. The van der Waals surface area contributed by atoms with Gasteiger partial charge in [0, 0.05) is 16.8 Å². The molecule has 0 bridgehead atoms. The summed E-state index contributed by atoms with van der Waals surface area (Å²) in [4.78, 5) is 4.26. The highest BCUT2D eigenvalue weighted by atomic mass is 19.4. The van der Waals surface area contributed by atoms with Crippen LogP contribution >= 0.6 is 0 Å².